The SMILES string of the molecule is CCOP(=O)(OCC)OC(F)(F)OP(=O)(OCC)OCC. The molecule has 0 aromatic carbocycles. The van der Waals surface area contributed by atoms with Crippen molar-refractivity contribution in [3.05, 3.63) is 0 Å². The normalized spacial score (nSPS) is 13.6. The van der Waals surface area contributed by atoms with E-state index in [1.807, 2.05) is 0 Å². The Bertz CT molecular complexity index is 338. The molecule has 0 amide bonds. The Morgan fingerprint density at radius 1 is 0.714 bits per heavy atom. The molecule has 0 bridgehead atoms. The van der Waals surface area contributed by atoms with E-state index in [0.29, 0.717) is 0 Å². The molecule has 0 aromatic heterocycles. The van der Waals surface area contributed by atoms with Gasteiger partial charge in [-0.3, -0.25) is 18.1 Å². The van der Waals surface area contributed by atoms with Crippen LogP contribution in [0.15, 0.2) is 0 Å². The highest BCUT2D eigenvalue weighted by atomic mass is 31.2. The molecule has 0 unspecified atom stereocenters. The smallest absolute Gasteiger partial charge is 0.287 e. The molecule has 8 nitrogen and oxygen atoms in total. The van der Waals surface area contributed by atoms with Crippen molar-refractivity contribution in [2.75, 3.05) is 26.4 Å². The van der Waals surface area contributed by atoms with Gasteiger partial charge in [0.1, 0.15) is 0 Å². The summed E-state index contributed by atoms with van der Waals surface area (Å²) in [6.07, 6.45) is -4.56. The maximum absolute atomic E-state index is 13.6. The molecule has 0 heterocycles. The molecule has 21 heavy (non-hydrogen) atoms. The molecule has 0 spiro atoms. The third-order valence-corrected chi connectivity index (χ3v) is 4.76. The van der Waals surface area contributed by atoms with Gasteiger partial charge in [0.2, 0.25) is 0 Å². The van der Waals surface area contributed by atoms with Crippen LogP contribution in [0.1, 0.15) is 27.7 Å². The number of halogens is 2. The number of hydrogen-bond donors (Lipinski definition) is 0. The van der Waals surface area contributed by atoms with Crippen LogP contribution < -0.4 is 0 Å². The lowest BCUT2D eigenvalue weighted by Gasteiger charge is -2.24. The van der Waals surface area contributed by atoms with Gasteiger partial charge < -0.3 is 0 Å². The van der Waals surface area contributed by atoms with Gasteiger partial charge in [-0.15, -0.1) is 8.78 Å². The number of hydrogen-bond acceptors (Lipinski definition) is 8. The van der Waals surface area contributed by atoms with Crippen LogP contribution in [0.4, 0.5) is 8.78 Å². The van der Waals surface area contributed by atoms with Crippen molar-refractivity contribution < 1.29 is 45.1 Å². The highest BCUT2D eigenvalue weighted by Crippen LogP contribution is 2.59. The van der Waals surface area contributed by atoms with Crippen LogP contribution in [-0.2, 0) is 36.3 Å². The van der Waals surface area contributed by atoms with E-state index in [0.717, 1.165) is 0 Å². The molecule has 0 aliphatic rings. The third kappa shape index (κ3) is 8.32. The highest BCUT2D eigenvalue weighted by Gasteiger charge is 2.50. The van der Waals surface area contributed by atoms with Gasteiger partial charge in [0.15, 0.2) is 0 Å². The maximum Gasteiger partial charge on any atom is 0.503 e. The second kappa shape index (κ2) is 9.27. The highest BCUT2D eigenvalue weighted by molar-refractivity contribution is 7.49. The molecule has 0 radical (unpaired) electrons. The van der Waals surface area contributed by atoms with E-state index in [9.17, 15) is 17.9 Å². The zero-order chi connectivity index (χ0) is 16.6. The molecule has 12 heteroatoms. The van der Waals surface area contributed by atoms with Crippen LogP contribution in [-0.4, -0.2) is 32.7 Å². The van der Waals surface area contributed by atoms with Gasteiger partial charge >= 0.3 is 21.9 Å². The quantitative estimate of drug-likeness (QED) is 0.384. The lowest BCUT2D eigenvalue weighted by molar-refractivity contribution is -0.323. The second-order valence-electron chi connectivity index (χ2n) is 3.21. The van der Waals surface area contributed by atoms with E-state index >= 15 is 0 Å². The fourth-order valence-corrected chi connectivity index (χ4v) is 3.37. The fraction of sp³-hybridized carbons (Fsp3) is 1.00. The van der Waals surface area contributed by atoms with Crippen molar-refractivity contribution in [3.8, 4) is 0 Å². The van der Waals surface area contributed by atoms with Gasteiger partial charge in [-0.2, -0.15) is 9.05 Å². The van der Waals surface area contributed by atoms with Crippen LogP contribution in [0, 0.1) is 0 Å². The Balaban J connectivity index is 5.00. The zero-order valence-corrected chi connectivity index (χ0v) is 14.0. The summed E-state index contributed by atoms with van der Waals surface area (Å²) >= 11 is 0. The molecule has 0 saturated heterocycles. The average molecular weight is 356 g/mol. The van der Waals surface area contributed by atoms with E-state index in [4.69, 9.17) is 0 Å². The van der Waals surface area contributed by atoms with Crippen molar-refractivity contribution in [2.45, 2.75) is 34.0 Å². The average Bonchev–Trinajstić information content (AvgIpc) is 2.27. The summed E-state index contributed by atoms with van der Waals surface area (Å²) in [6.45, 7) is 4.78. The molecule has 128 valence electrons. The minimum atomic E-state index is -4.57. The van der Waals surface area contributed by atoms with Gasteiger partial charge in [-0.05, 0) is 27.7 Å². The zero-order valence-electron chi connectivity index (χ0n) is 12.2. The van der Waals surface area contributed by atoms with Gasteiger partial charge in [0.05, 0.1) is 26.4 Å². The summed E-state index contributed by atoms with van der Waals surface area (Å²) in [7, 11) is -9.14. The van der Waals surface area contributed by atoms with Gasteiger partial charge in [0.25, 0.3) is 0 Å². The van der Waals surface area contributed by atoms with Crippen LogP contribution in [0.25, 0.3) is 0 Å². The third-order valence-electron chi connectivity index (χ3n) is 1.59. The lowest BCUT2D eigenvalue weighted by atomic mass is 10.9. The van der Waals surface area contributed by atoms with Crippen LogP contribution in [0.2, 0.25) is 0 Å². The molecule has 0 aliphatic carbocycles. The molecule has 0 saturated carbocycles. The standard InChI is InChI=1S/C9H20F2O8P2/c1-5-14-20(12,15-6-2)18-9(10,11)19-21(13,16-7-3)17-8-4/h5-8H2,1-4H3. The summed E-state index contributed by atoms with van der Waals surface area (Å²) < 4.78 is 76.8. The number of phosphoric acid groups is 2. The van der Waals surface area contributed by atoms with Crippen molar-refractivity contribution in [1.82, 2.24) is 0 Å². The van der Waals surface area contributed by atoms with Gasteiger partial charge in [-0.1, -0.05) is 0 Å². The van der Waals surface area contributed by atoms with Crippen molar-refractivity contribution in [2.24, 2.45) is 0 Å². The van der Waals surface area contributed by atoms with Gasteiger partial charge in [-0.25, -0.2) is 9.13 Å². The molecular formula is C9H20F2O8P2. The fourth-order valence-electron chi connectivity index (χ4n) is 1.09. The minimum absolute atomic E-state index is 0.206. The molecule has 0 N–H and O–H groups in total. The largest absolute Gasteiger partial charge is 0.503 e. The molecule has 0 aromatic rings. The summed E-state index contributed by atoms with van der Waals surface area (Å²) in [5.74, 6) is 0. The Labute approximate surface area is 122 Å². The molecule has 0 rings (SSSR count). The maximum atomic E-state index is 13.6. The summed E-state index contributed by atoms with van der Waals surface area (Å²) in [6, 6.07) is 0. The predicted molar refractivity (Wildman–Crippen MR) is 68.8 cm³/mol. The first kappa shape index (κ1) is 21.1. The van der Waals surface area contributed by atoms with E-state index in [1.54, 1.807) is 0 Å². The molecule has 0 aliphatic heterocycles. The Kier molecular flexibility index (Phi) is 9.31. The van der Waals surface area contributed by atoms with E-state index in [1.165, 1.54) is 27.7 Å². The first-order valence-corrected chi connectivity index (χ1v) is 9.15. The monoisotopic (exact) mass is 356 g/mol. The summed E-state index contributed by atoms with van der Waals surface area (Å²) in [5, 5.41) is 0. The summed E-state index contributed by atoms with van der Waals surface area (Å²) in [5.41, 5.74) is 0. The number of rotatable bonds is 12. The van der Waals surface area contributed by atoms with Crippen molar-refractivity contribution in [3.63, 3.8) is 0 Å². The van der Waals surface area contributed by atoms with Crippen molar-refractivity contribution >= 4 is 15.6 Å². The number of alkyl halides is 2. The minimum Gasteiger partial charge on any atom is -0.287 e. The van der Waals surface area contributed by atoms with Crippen LogP contribution in [0.3, 0.4) is 0 Å². The van der Waals surface area contributed by atoms with E-state index < -0.39 is 21.9 Å². The second-order valence-corrected chi connectivity index (χ2v) is 6.40. The molecule has 0 atom stereocenters. The number of phosphoric ester groups is 2. The molecule has 0 fully saturated rings. The van der Waals surface area contributed by atoms with Gasteiger partial charge in [0, 0.05) is 0 Å². The van der Waals surface area contributed by atoms with E-state index in [2.05, 4.69) is 27.1 Å². The van der Waals surface area contributed by atoms with Crippen LogP contribution in [0.5, 0.6) is 0 Å². The van der Waals surface area contributed by atoms with Crippen molar-refractivity contribution in [1.29, 1.82) is 0 Å². The Morgan fingerprint density at radius 3 is 1.14 bits per heavy atom. The topological polar surface area (TPSA) is 89.5 Å². The lowest BCUT2D eigenvalue weighted by Crippen LogP contribution is -2.24. The first-order valence-electron chi connectivity index (χ1n) is 6.23. The Morgan fingerprint density at radius 2 is 0.952 bits per heavy atom. The predicted octanol–water partition coefficient (Wildman–Crippen LogP) is 3.93. The van der Waals surface area contributed by atoms with E-state index in [-0.39, 0.29) is 26.4 Å². The first-order chi connectivity index (χ1) is 9.66. The molecular weight excluding hydrogens is 336 g/mol. The summed E-state index contributed by atoms with van der Waals surface area (Å²) in [4.78, 5) is 0. The van der Waals surface area contributed by atoms with Crippen LogP contribution >= 0.6 is 15.6 Å². The Hall–Kier alpha value is 0.0800.